The van der Waals surface area contributed by atoms with Gasteiger partial charge in [0.05, 0.1) is 29.3 Å². The van der Waals surface area contributed by atoms with Gasteiger partial charge < -0.3 is 5.32 Å². The number of rotatable bonds is 4. The van der Waals surface area contributed by atoms with Crippen LogP contribution in [0.15, 0.2) is 73.2 Å². The molecule has 0 aliphatic heterocycles. The molecule has 0 atom stereocenters. The number of nitrogens with zero attached hydrogens (tertiary/aromatic N) is 5. The first kappa shape index (κ1) is 23.6. The molecule has 182 valence electrons. The largest absolute Gasteiger partial charge is 0.324 e. The number of carbonyl (C=O) groups is 1. The van der Waals surface area contributed by atoms with Crippen molar-refractivity contribution < 1.29 is 4.79 Å². The van der Waals surface area contributed by atoms with Crippen molar-refractivity contribution in [3.63, 3.8) is 0 Å². The molecule has 5 aromatic rings. The van der Waals surface area contributed by atoms with E-state index in [2.05, 4.69) is 41.5 Å². The Hall–Kier alpha value is -4.17. The molecule has 9 heteroatoms. The molecule has 0 bridgehead atoms. The number of fused-ring (bicyclic) bond motifs is 1. The number of halogens is 1. The number of hydrogen-bond donors (Lipinski definition) is 2. The maximum atomic E-state index is 12.9. The highest BCUT2D eigenvalue weighted by Crippen LogP contribution is 2.29. The van der Waals surface area contributed by atoms with E-state index in [1.807, 2.05) is 61.9 Å². The van der Waals surface area contributed by atoms with Crippen LogP contribution in [0.25, 0.3) is 27.7 Å². The molecule has 0 aliphatic rings. The Kier molecular flexibility index (Phi) is 5.97. The Morgan fingerprint density at radius 1 is 0.944 bits per heavy atom. The summed E-state index contributed by atoms with van der Waals surface area (Å²) in [7, 11) is 1.89. The van der Waals surface area contributed by atoms with Crippen molar-refractivity contribution in [2.45, 2.75) is 26.2 Å². The molecule has 3 heterocycles. The van der Waals surface area contributed by atoms with Gasteiger partial charge in [-0.05, 0) is 42.0 Å². The van der Waals surface area contributed by atoms with E-state index in [-0.39, 0.29) is 11.4 Å². The molecule has 0 radical (unpaired) electrons. The molecule has 0 saturated heterocycles. The predicted octanol–water partition coefficient (Wildman–Crippen LogP) is 6.42. The topological polar surface area (TPSA) is 89.7 Å². The van der Waals surface area contributed by atoms with Crippen LogP contribution in [0.4, 0.5) is 16.3 Å². The third kappa shape index (κ3) is 4.67. The molecule has 8 nitrogen and oxygen atoms in total. The van der Waals surface area contributed by atoms with Gasteiger partial charge in [-0.3, -0.25) is 15.0 Å². The van der Waals surface area contributed by atoms with Crippen LogP contribution in [0.3, 0.4) is 0 Å². The fraction of sp³-hybridized carbons (Fsp3) is 0.185. The molecule has 2 amide bonds. The van der Waals surface area contributed by atoms with Crippen molar-refractivity contribution >= 4 is 40.0 Å². The van der Waals surface area contributed by atoms with Gasteiger partial charge in [-0.25, -0.2) is 9.48 Å². The van der Waals surface area contributed by atoms with Crippen LogP contribution in [0.2, 0.25) is 5.02 Å². The van der Waals surface area contributed by atoms with Crippen LogP contribution in [0, 0.1) is 0 Å². The molecule has 2 N–H and O–H groups in total. The maximum absolute atomic E-state index is 12.9. The normalized spacial score (nSPS) is 11.6. The fourth-order valence-corrected chi connectivity index (χ4v) is 4.04. The van der Waals surface area contributed by atoms with Crippen LogP contribution >= 0.6 is 11.6 Å². The molecule has 0 saturated carbocycles. The molecule has 0 fully saturated rings. The summed E-state index contributed by atoms with van der Waals surface area (Å²) in [4.78, 5) is 17.2. The van der Waals surface area contributed by atoms with Crippen LogP contribution in [0.5, 0.6) is 0 Å². The summed E-state index contributed by atoms with van der Waals surface area (Å²) in [5, 5.41) is 16.6. The minimum Gasteiger partial charge on any atom is -0.308 e. The number of carbonyl (C=O) groups excluding carboxylic acids is 1. The second-order valence-electron chi connectivity index (χ2n) is 9.60. The standard InChI is InChI=1S/C27H26ClN7O/c1-27(2,3)24-13-25(35(33-24)20-11-7-18(28)8-12-20)32-26(36)31-19-9-5-17(6-10-19)21-14-29-16-23-22(21)15-30-34(23)4/h5-16H,1-4H3,(H2,31,32,36). The highest BCUT2D eigenvalue weighted by atomic mass is 35.5. The van der Waals surface area contributed by atoms with Crippen molar-refractivity contribution in [2.24, 2.45) is 7.05 Å². The van der Waals surface area contributed by atoms with Crippen molar-refractivity contribution in [1.29, 1.82) is 0 Å². The van der Waals surface area contributed by atoms with E-state index >= 15 is 0 Å². The van der Waals surface area contributed by atoms with Gasteiger partial charge >= 0.3 is 6.03 Å². The number of urea groups is 1. The Bertz CT molecular complexity index is 1540. The SMILES string of the molecule is Cn1ncc2c(-c3ccc(NC(=O)Nc4cc(C(C)(C)C)nn4-c4ccc(Cl)cc4)cc3)cncc21. The first-order valence-corrected chi connectivity index (χ1v) is 11.9. The number of anilines is 2. The van der Waals surface area contributed by atoms with E-state index in [1.165, 1.54) is 0 Å². The molecule has 36 heavy (non-hydrogen) atoms. The number of aryl methyl sites for hydroxylation is 1. The van der Waals surface area contributed by atoms with E-state index in [4.69, 9.17) is 16.7 Å². The molecule has 5 rings (SSSR count). The summed E-state index contributed by atoms with van der Waals surface area (Å²) >= 11 is 6.05. The first-order valence-electron chi connectivity index (χ1n) is 11.5. The average Bonchev–Trinajstić information content (AvgIpc) is 3.44. The number of benzene rings is 2. The van der Waals surface area contributed by atoms with Crippen LogP contribution in [-0.4, -0.2) is 30.6 Å². The lowest BCUT2D eigenvalue weighted by Crippen LogP contribution is -2.21. The van der Waals surface area contributed by atoms with E-state index < -0.39 is 0 Å². The van der Waals surface area contributed by atoms with Gasteiger partial charge in [-0.1, -0.05) is 44.5 Å². The summed E-state index contributed by atoms with van der Waals surface area (Å²) in [5.41, 5.74) is 5.06. The summed E-state index contributed by atoms with van der Waals surface area (Å²) in [6.07, 6.45) is 5.46. The smallest absolute Gasteiger partial charge is 0.308 e. The lowest BCUT2D eigenvalue weighted by molar-refractivity contribution is 0.262. The lowest BCUT2D eigenvalue weighted by atomic mass is 9.92. The van der Waals surface area contributed by atoms with Crippen LogP contribution < -0.4 is 10.6 Å². The molecular formula is C27H26ClN7O. The Morgan fingerprint density at radius 2 is 1.67 bits per heavy atom. The molecule has 2 aromatic carbocycles. The van der Waals surface area contributed by atoms with Gasteiger partial charge in [0, 0.05) is 46.4 Å². The molecule has 0 aliphatic carbocycles. The number of amides is 2. The van der Waals surface area contributed by atoms with E-state index in [0.717, 1.165) is 33.4 Å². The van der Waals surface area contributed by atoms with Crippen molar-refractivity contribution in [3.05, 3.63) is 83.9 Å². The van der Waals surface area contributed by atoms with Crippen LogP contribution in [-0.2, 0) is 12.5 Å². The monoisotopic (exact) mass is 499 g/mol. The van der Waals surface area contributed by atoms with E-state index in [1.54, 1.807) is 27.7 Å². The fourth-order valence-electron chi connectivity index (χ4n) is 3.92. The Morgan fingerprint density at radius 3 is 2.36 bits per heavy atom. The van der Waals surface area contributed by atoms with Crippen LogP contribution in [0.1, 0.15) is 26.5 Å². The number of nitrogens with one attached hydrogen (secondary N) is 2. The first-order chi connectivity index (χ1) is 17.2. The van der Waals surface area contributed by atoms with Gasteiger partial charge in [-0.15, -0.1) is 0 Å². The van der Waals surface area contributed by atoms with Crippen molar-refractivity contribution in [3.8, 4) is 16.8 Å². The minimum absolute atomic E-state index is 0.188. The van der Waals surface area contributed by atoms with Crippen molar-refractivity contribution in [2.75, 3.05) is 10.6 Å². The van der Waals surface area contributed by atoms with Gasteiger partial charge in [0.1, 0.15) is 5.82 Å². The van der Waals surface area contributed by atoms with Gasteiger partial charge in [0.15, 0.2) is 0 Å². The Balaban J connectivity index is 1.36. The quantitative estimate of drug-likeness (QED) is 0.298. The zero-order valence-electron chi connectivity index (χ0n) is 20.5. The molecule has 0 unspecified atom stereocenters. The highest BCUT2D eigenvalue weighted by Gasteiger charge is 2.21. The second-order valence-corrected chi connectivity index (χ2v) is 10.0. The van der Waals surface area contributed by atoms with Crippen molar-refractivity contribution in [1.82, 2.24) is 24.5 Å². The van der Waals surface area contributed by atoms with Gasteiger partial charge in [0.25, 0.3) is 0 Å². The van der Waals surface area contributed by atoms with E-state index in [0.29, 0.717) is 16.5 Å². The third-order valence-electron chi connectivity index (χ3n) is 5.92. The zero-order valence-corrected chi connectivity index (χ0v) is 21.2. The lowest BCUT2D eigenvalue weighted by Gasteiger charge is -2.14. The molecular weight excluding hydrogens is 474 g/mol. The Labute approximate surface area is 213 Å². The number of pyridine rings is 1. The number of aromatic nitrogens is 5. The third-order valence-corrected chi connectivity index (χ3v) is 6.17. The van der Waals surface area contributed by atoms with Gasteiger partial charge in [-0.2, -0.15) is 10.2 Å². The molecule has 0 spiro atoms. The molecule has 3 aromatic heterocycles. The summed E-state index contributed by atoms with van der Waals surface area (Å²) in [6, 6.07) is 16.5. The van der Waals surface area contributed by atoms with Gasteiger partial charge in [0.2, 0.25) is 0 Å². The van der Waals surface area contributed by atoms with E-state index in [9.17, 15) is 4.79 Å². The average molecular weight is 500 g/mol. The second kappa shape index (κ2) is 9.13. The summed E-state index contributed by atoms with van der Waals surface area (Å²) in [6.45, 7) is 6.23. The minimum atomic E-state index is -0.366. The highest BCUT2D eigenvalue weighted by molar-refractivity contribution is 6.30. The maximum Gasteiger partial charge on any atom is 0.324 e. The predicted molar refractivity (Wildman–Crippen MR) is 144 cm³/mol. The summed E-state index contributed by atoms with van der Waals surface area (Å²) < 4.78 is 3.51. The zero-order chi connectivity index (χ0) is 25.4. The summed E-state index contributed by atoms with van der Waals surface area (Å²) in [5.74, 6) is 0.561. The number of hydrogen-bond acceptors (Lipinski definition) is 4.